The van der Waals surface area contributed by atoms with E-state index in [-0.39, 0.29) is 68.8 Å². The van der Waals surface area contributed by atoms with Gasteiger partial charge in [-0.15, -0.1) is 0 Å². The summed E-state index contributed by atoms with van der Waals surface area (Å²) in [6.07, 6.45) is 1.56. The van der Waals surface area contributed by atoms with Crippen molar-refractivity contribution in [2.45, 2.75) is 223 Å². The second-order valence-electron chi connectivity index (χ2n) is 27.1. The van der Waals surface area contributed by atoms with Gasteiger partial charge in [-0.3, -0.25) is 52.7 Å². The normalized spacial score (nSPS) is 25.8. The number of likely N-dealkylation sites (N-methyl/N-ethyl adjacent to an activating group) is 7. The highest BCUT2D eigenvalue weighted by Gasteiger charge is 2.46. The molecule has 1 heterocycles. The van der Waals surface area contributed by atoms with Gasteiger partial charge < -0.3 is 70.7 Å². The van der Waals surface area contributed by atoms with E-state index in [1.807, 2.05) is 55.4 Å². The third-order valence-corrected chi connectivity index (χ3v) is 16.6. The summed E-state index contributed by atoms with van der Waals surface area (Å²) in [7, 11) is 9.77. The summed E-state index contributed by atoms with van der Waals surface area (Å²) in [5.74, 6) is -10.4. The lowest BCUT2D eigenvalue weighted by atomic mass is 9.91. The molecule has 1 saturated heterocycles. The molecule has 1 fully saturated rings. The summed E-state index contributed by atoms with van der Waals surface area (Å²) in [5.41, 5.74) is 0. The smallest absolute Gasteiger partial charge is 0.407 e. The van der Waals surface area contributed by atoms with Crippen molar-refractivity contribution in [3.05, 3.63) is 12.2 Å². The number of hydrogen-bond donors (Lipinski definition) is 6. The fourth-order valence-electron chi connectivity index (χ4n) is 11.0. The molecule has 0 bridgehead atoms. The number of carbonyl (C=O) groups excluding carboxylic acids is 12. The van der Waals surface area contributed by atoms with Gasteiger partial charge in [-0.1, -0.05) is 109 Å². The second-order valence-corrected chi connectivity index (χ2v) is 27.1. The van der Waals surface area contributed by atoms with Crippen molar-refractivity contribution in [3.63, 3.8) is 0 Å². The maximum Gasteiger partial charge on any atom is 0.407 e. The molecule has 0 saturated carbocycles. The zero-order valence-electron chi connectivity index (χ0n) is 59.3. The lowest BCUT2D eigenvalue weighted by Gasteiger charge is -2.41. The Morgan fingerprint density at radius 3 is 1.42 bits per heavy atom. The first-order chi connectivity index (χ1) is 42.1. The van der Waals surface area contributed by atoms with E-state index in [1.165, 1.54) is 87.7 Å². The van der Waals surface area contributed by atoms with Gasteiger partial charge in [0.25, 0.3) is 0 Å². The molecule has 1 aliphatic heterocycles. The highest BCUT2D eigenvalue weighted by atomic mass is 16.5. The summed E-state index contributed by atoms with van der Waals surface area (Å²) >= 11 is 0. The summed E-state index contributed by atoms with van der Waals surface area (Å²) < 4.78 is 5.14. The molecular weight excluding hydrogens is 1170 g/mol. The second kappa shape index (κ2) is 38.2. The van der Waals surface area contributed by atoms with Crippen LogP contribution >= 0.6 is 0 Å². The van der Waals surface area contributed by atoms with Gasteiger partial charge in [0.2, 0.25) is 65.0 Å². The molecule has 2 unspecified atom stereocenters. The largest absolute Gasteiger partial charge is 0.445 e. The van der Waals surface area contributed by atoms with E-state index in [0.717, 1.165) is 9.80 Å². The van der Waals surface area contributed by atoms with E-state index in [2.05, 4.69) is 26.6 Å². The topological polar surface area (TPSA) is 317 Å². The Labute approximate surface area is 542 Å². The van der Waals surface area contributed by atoms with Gasteiger partial charge in [0.05, 0.1) is 12.6 Å². The van der Waals surface area contributed by atoms with Crippen LogP contribution in [0.4, 0.5) is 4.79 Å². The van der Waals surface area contributed by atoms with E-state index < -0.39 is 162 Å². The number of nitrogens with one attached hydrogen (secondary N) is 5. The van der Waals surface area contributed by atoms with Gasteiger partial charge in [0.15, 0.2) is 0 Å². The number of hydrogen-bond acceptors (Lipinski definition) is 14. The molecule has 26 nitrogen and oxygen atoms in total. The fraction of sp³-hybridized carbons (Fsp3) is 0.785. The number of nitrogens with zero attached hydrogens (tertiary/aromatic N) is 7. The first kappa shape index (κ1) is 82.2. The van der Waals surface area contributed by atoms with Crippen LogP contribution in [0.25, 0.3) is 0 Å². The maximum atomic E-state index is 15.3. The quantitative estimate of drug-likeness (QED) is 0.108. The highest BCUT2D eigenvalue weighted by molar-refractivity contribution is 5.99. The number of carbonyl (C=O) groups is 12. The summed E-state index contributed by atoms with van der Waals surface area (Å²) in [4.78, 5) is 181. The molecule has 1 rings (SSSR count). The molecule has 26 heteroatoms. The Balaban J connectivity index is 4.35. The first-order valence-corrected chi connectivity index (χ1v) is 32.4. The molecule has 12 amide bonds. The van der Waals surface area contributed by atoms with E-state index in [0.29, 0.717) is 6.54 Å². The molecule has 12 atom stereocenters. The summed E-state index contributed by atoms with van der Waals surface area (Å²) in [6, 6.07) is -12.7. The van der Waals surface area contributed by atoms with Crippen LogP contribution in [0, 0.1) is 41.4 Å². The number of ether oxygens (including phenoxy) is 1. The molecule has 0 aromatic rings. The van der Waals surface area contributed by atoms with Gasteiger partial charge in [-0.05, 0) is 101 Å². The van der Waals surface area contributed by atoms with E-state index in [4.69, 9.17) is 4.74 Å². The Morgan fingerprint density at radius 2 is 0.945 bits per heavy atom. The Bertz CT molecular complexity index is 2510. The van der Waals surface area contributed by atoms with Gasteiger partial charge >= 0.3 is 6.09 Å². The molecule has 0 spiro atoms. The van der Waals surface area contributed by atoms with E-state index in [9.17, 15) is 48.3 Å². The Morgan fingerprint density at radius 1 is 0.505 bits per heavy atom. The SMILES string of the molecule is CCNC(=O)OCC=CC[C@@H](C)[C@@H](O)C1C(=O)N[C@@H](CC)C(=O)N(C)CC(=O)N(C)[C@@H](CC(C)C)C(=O)N[C@@H](C(C)C)C(=O)N(C)C(CC(C)C)C(=O)N[C@@H](C)C(=O)N[C@H](C)C(=O)N(C)[C@@H](CC(C)C)C(=O)N(C)[C@@H](CC(C)C)C(=O)N(C)[C@@H](C(C)C)C(=O)N1C. The van der Waals surface area contributed by atoms with Gasteiger partial charge in [0.1, 0.15) is 67.0 Å². The number of amides is 12. The minimum atomic E-state index is -1.71. The van der Waals surface area contributed by atoms with Crippen molar-refractivity contribution in [2.75, 3.05) is 69.0 Å². The average Bonchev–Trinajstić information content (AvgIpc) is 0.993. The van der Waals surface area contributed by atoms with Crippen molar-refractivity contribution in [1.29, 1.82) is 0 Å². The van der Waals surface area contributed by atoms with Crippen LogP contribution in [0.5, 0.6) is 0 Å². The molecule has 0 aromatic carbocycles. The molecule has 6 N–H and O–H groups in total. The standard InChI is InChI=1S/C65H116N12O14/c1-25-45-60(85)71(18)35-50(78)72(19)46(31-36(3)4)57(82)70-51(40(11)12)63(88)73(20)47(32-37(5)6)56(81)67-43(16)55(80)68-44(17)59(84)74(21)48(33-38(7)8)61(86)75(22)49(34-39(9)10)62(87)76(23)52(41(13)14)64(89)77(24)53(58(83)69-45)54(79)42(15)29-27-28-30-91-65(90)66-26-2/h27-28,36-49,51-54,79H,25-26,29-35H2,1-24H3,(H,66,90)(H,67,81)(H,68,80)(H,69,83)(H,70,82)/t42-,43+,44-,45+,46+,47?,48+,49+,51+,52+,53?,54-/m1/s1. The van der Waals surface area contributed by atoms with Crippen molar-refractivity contribution < 1.29 is 67.4 Å². The molecule has 1 aliphatic rings. The Hall–Kier alpha value is -6.86. The van der Waals surface area contributed by atoms with Crippen LogP contribution in [-0.2, 0) is 57.5 Å². The number of aliphatic hydroxyl groups excluding tert-OH is 1. The molecule has 0 aromatic heterocycles. The van der Waals surface area contributed by atoms with Crippen LogP contribution in [-0.4, -0.2) is 246 Å². The van der Waals surface area contributed by atoms with Crippen LogP contribution in [0.2, 0.25) is 0 Å². The lowest BCUT2D eigenvalue weighted by molar-refractivity contribution is -0.157. The molecular formula is C65H116N12O14. The predicted molar refractivity (Wildman–Crippen MR) is 348 cm³/mol. The van der Waals surface area contributed by atoms with Gasteiger partial charge in [-0.2, -0.15) is 0 Å². The average molecular weight is 1290 g/mol. The minimum Gasteiger partial charge on any atom is -0.445 e. The molecule has 91 heavy (non-hydrogen) atoms. The predicted octanol–water partition coefficient (Wildman–Crippen LogP) is 3.00. The van der Waals surface area contributed by atoms with Gasteiger partial charge in [-0.25, -0.2) is 4.79 Å². The van der Waals surface area contributed by atoms with Crippen LogP contribution in [0.15, 0.2) is 12.2 Å². The van der Waals surface area contributed by atoms with Gasteiger partial charge in [0, 0.05) is 55.9 Å². The summed E-state index contributed by atoms with van der Waals surface area (Å²) in [6.45, 7) is 29.2. The molecule has 520 valence electrons. The first-order valence-electron chi connectivity index (χ1n) is 32.4. The zero-order chi connectivity index (χ0) is 70.4. The number of alkyl carbamates (subject to hydrolysis) is 1. The maximum absolute atomic E-state index is 15.3. The third-order valence-electron chi connectivity index (χ3n) is 16.6. The Kier molecular flexibility index (Phi) is 34.5. The fourth-order valence-corrected chi connectivity index (χ4v) is 11.0. The van der Waals surface area contributed by atoms with Crippen LogP contribution < -0.4 is 26.6 Å². The lowest BCUT2D eigenvalue weighted by Crippen LogP contribution is -2.63. The highest BCUT2D eigenvalue weighted by Crippen LogP contribution is 2.26. The van der Waals surface area contributed by atoms with Crippen molar-refractivity contribution in [1.82, 2.24) is 60.9 Å². The van der Waals surface area contributed by atoms with E-state index >= 15 is 14.4 Å². The van der Waals surface area contributed by atoms with Crippen molar-refractivity contribution in [3.8, 4) is 0 Å². The zero-order valence-corrected chi connectivity index (χ0v) is 59.3. The van der Waals surface area contributed by atoms with Crippen LogP contribution in [0.3, 0.4) is 0 Å². The number of aliphatic hydroxyl groups is 1. The minimum absolute atomic E-state index is 0.0230. The van der Waals surface area contributed by atoms with E-state index in [1.54, 1.807) is 60.6 Å². The third kappa shape index (κ3) is 24.3. The number of rotatable bonds is 18. The number of allylic oxidation sites excluding steroid dienone is 1. The van der Waals surface area contributed by atoms with Crippen molar-refractivity contribution in [2.24, 2.45) is 41.4 Å². The molecule has 0 aliphatic carbocycles. The van der Waals surface area contributed by atoms with Crippen molar-refractivity contribution >= 4 is 71.1 Å². The summed E-state index contributed by atoms with van der Waals surface area (Å²) in [5, 5.41) is 25.7. The molecule has 0 radical (unpaired) electrons. The van der Waals surface area contributed by atoms with Crippen LogP contribution in [0.1, 0.15) is 156 Å². The monoisotopic (exact) mass is 1290 g/mol.